The van der Waals surface area contributed by atoms with Crippen molar-refractivity contribution < 1.29 is 9.53 Å². The van der Waals surface area contributed by atoms with Crippen LogP contribution in [0.5, 0.6) is 0 Å². The highest BCUT2D eigenvalue weighted by atomic mass is 16.6. The normalized spacial score (nSPS) is 18.0. The van der Waals surface area contributed by atoms with E-state index in [0.29, 0.717) is 6.42 Å². The van der Waals surface area contributed by atoms with E-state index in [1.807, 2.05) is 20.8 Å². The lowest BCUT2D eigenvalue weighted by Crippen LogP contribution is -2.51. The Morgan fingerprint density at radius 1 is 0.919 bits per heavy atom. The van der Waals surface area contributed by atoms with E-state index < -0.39 is 5.60 Å². The van der Waals surface area contributed by atoms with Crippen LogP contribution in [-0.2, 0) is 22.6 Å². The largest absolute Gasteiger partial charge is 0.460 e. The summed E-state index contributed by atoms with van der Waals surface area (Å²) in [5.74, 6) is -0.123. The number of esters is 1. The summed E-state index contributed by atoms with van der Waals surface area (Å²) in [5.41, 5.74) is 3.33. The average molecular weight is 499 g/mol. The van der Waals surface area contributed by atoms with Gasteiger partial charge in [-0.2, -0.15) is 0 Å². The topological polar surface area (TPSA) is 32.8 Å². The second-order valence-electron chi connectivity index (χ2n) is 11.3. The van der Waals surface area contributed by atoms with E-state index in [2.05, 4.69) is 108 Å². The van der Waals surface area contributed by atoms with Crippen LogP contribution in [-0.4, -0.2) is 40.0 Å². The second-order valence-corrected chi connectivity index (χ2v) is 11.3. The molecule has 1 heterocycles. The summed E-state index contributed by atoms with van der Waals surface area (Å²) in [6, 6.07) is 32.4. The van der Waals surface area contributed by atoms with E-state index in [0.717, 1.165) is 32.5 Å². The maximum atomic E-state index is 13.3. The minimum Gasteiger partial charge on any atom is -0.460 e. The molecule has 3 aromatic rings. The predicted molar refractivity (Wildman–Crippen MR) is 151 cm³/mol. The zero-order valence-corrected chi connectivity index (χ0v) is 22.8. The Morgan fingerprint density at radius 2 is 1.49 bits per heavy atom. The first kappa shape index (κ1) is 27.1. The van der Waals surface area contributed by atoms with Crippen molar-refractivity contribution in [2.24, 2.45) is 0 Å². The Bertz CT molecular complexity index is 1100. The first-order valence-electron chi connectivity index (χ1n) is 13.6. The zero-order chi connectivity index (χ0) is 26.3. The van der Waals surface area contributed by atoms with Gasteiger partial charge < -0.3 is 4.74 Å². The van der Waals surface area contributed by atoms with Crippen LogP contribution in [0.1, 0.15) is 69.7 Å². The van der Waals surface area contributed by atoms with Gasteiger partial charge in [-0.05, 0) is 63.8 Å². The zero-order valence-electron chi connectivity index (χ0n) is 22.8. The van der Waals surface area contributed by atoms with Crippen LogP contribution in [0, 0.1) is 0 Å². The second kappa shape index (κ2) is 12.5. The van der Waals surface area contributed by atoms with Gasteiger partial charge in [-0.25, -0.2) is 0 Å². The maximum Gasteiger partial charge on any atom is 0.307 e. The molecule has 0 saturated carbocycles. The summed E-state index contributed by atoms with van der Waals surface area (Å²) < 4.78 is 5.88. The average Bonchev–Trinajstić information content (AvgIpc) is 3.34. The number of carbonyl (C=O) groups is 1. The van der Waals surface area contributed by atoms with E-state index in [-0.39, 0.29) is 24.1 Å². The third-order valence-electron chi connectivity index (χ3n) is 7.30. The first-order valence-corrected chi connectivity index (χ1v) is 13.6. The highest BCUT2D eigenvalue weighted by Gasteiger charge is 2.39. The van der Waals surface area contributed by atoms with Crippen LogP contribution in [0.4, 0.5) is 0 Å². The van der Waals surface area contributed by atoms with Crippen LogP contribution < -0.4 is 0 Å². The summed E-state index contributed by atoms with van der Waals surface area (Å²) in [6.45, 7) is 10.8. The van der Waals surface area contributed by atoms with E-state index in [9.17, 15) is 4.79 Å². The van der Waals surface area contributed by atoms with Gasteiger partial charge in [0.05, 0.1) is 6.42 Å². The fourth-order valence-corrected chi connectivity index (χ4v) is 5.59. The Kier molecular flexibility index (Phi) is 9.18. The molecule has 0 radical (unpaired) electrons. The number of likely N-dealkylation sites (tertiary alicyclic amines) is 1. The van der Waals surface area contributed by atoms with Crippen molar-refractivity contribution in [3.63, 3.8) is 0 Å². The van der Waals surface area contributed by atoms with E-state index in [1.165, 1.54) is 16.7 Å². The van der Waals surface area contributed by atoms with Gasteiger partial charge in [0.1, 0.15) is 5.60 Å². The molecule has 0 amide bonds. The monoisotopic (exact) mass is 498 g/mol. The van der Waals surface area contributed by atoms with Gasteiger partial charge in [0.15, 0.2) is 0 Å². The molecule has 3 atom stereocenters. The predicted octanol–water partition coefficient (Wildman–Crippen LogP) is 7.01. The standard InChI is InChI=1S/C33H42N2O2/c1-26(29-19-12-7-13-20-29)35(25-28-17-10-6-11-18-28)31(23-32(36)37-33(2,3)4)30-21-14-22-34(30)24-27-15-8-5-9-16-27/h5-13,15-20,26,30-31H,14,21-25H2,1-4H3/t26-,30+,31+/m0/s1. The Hall–Kier alpha value is -2.95. The lowest BCUT2D eigenvalue weighted by atomic mass is 9.95. The molecular weight excluding hydrogens is 456 g/mol. The molecule has 0 aromatic heterocycles. The number of hydrogen-bond donors (Lipinski definition) is 0. The van der Waals surface area contributed by atoms with Crippen molar-refractivity contribution in [2.75, 3.05) is 6.54 Å². The lowest BCUT2D eigenvalue weighted by molar-refractivity contribution is -0.157. The van der Waals surface area contributed by atoms with E-state index in [4.69, 9.17) is 4.74 Å². The molecular formula is C33H42N2O2. The highest BCUT2D eigenvalue weighted by Crippen LogP contribution is 2.34. The molecule has 0 unspecified atom stereocenters. The SMILES string of the molecule is C[C@@H](c1ccccc1)N(Cc1ccccc1)[C@H](CC(=O)OC(C)(C)C)[C@H]1CCCN1Cc1ccccc1. The first-order chi connectivity index (χ1) is 17.8. The summed E-state index contributed by atoms with van der Waals surface area (Å²) in [7, 11) is 0. The minimum atomic E-state index is -0.504. The van der Waals surface area contributed by atoms with Gasteiger partial charge in [0, 0.05) is 31.2 Å². The van der Waals surface area contributed by atoms with Crippen LogP contribution in [0.3, 0.4) is 0 Å². The van der Waals surface area contributed by atoms with Crippen LogP contribution in [0.2, 0.25) is 0 Å². The molecule has 1 fully saturated rings. The molecule has 0 aliphatic carbocycles. The fourth-order valence-electron chi connectivity index (χ4n) is 5.59. The highest BCUT2D eigenvalue weighted by molar-refractivity contribution is 5.70. The number of benzene rings is 3. The number of carbonyl (C=O) groups excluding carboxylic acids is 1. The number of nitrogens with zero attached hydrogens (tertiary/aromatic N) is 2. The Labute approximate surface area is 223 Å². The lowest BCUT2D eigenvalue weighted by Gasteiger charge is -2.42. The maximum absolute atomic E-state index is 13.3. The van der Waals surface area contributed by atoms with Crippen molar-refractivity contribution in [3.05, 3.63) is 108 Å². The molecule has 0 spiro atoms. The molecule has 0 N–H and O–H groups in total. The molecule has 196 valence electrons. The number of hydrogen-bond acceptors (Lipinski definition) is 4. The van der Waals surface area contributed by atoms with Crippen molar-refractivity contribution in [3.8, 4) is 0 Å². The third kappa shape index (κ3) is 7.77. The molecule has 1 aliphatic rings. The Morgan fingerprint density at radius 3 is 2.08 bits per heavy atom. The van der Waals surface area contributed by atoms with Gasteiger partial charge in [0.25, 0.3) is 0 Å². The summed E-state index contributed by atoms with van der Waals surface area (Å²) in [4.78, 5) is 18.5. The van der Waals surface area contributed by atoms with Crippen molar-refractivity contribution >= 4 is 5.97 Å². The van der Waals surface area contributed by atoms with E-state index >= 15 is 0 Å². The van der Waals surface area contributed by atoms with Gasteiger partial charge in [-0.3, -0.25) is 14.6 Å². The van der Waals surface area contributed by atoms with Crippen molar-refractivity contribution in [2.45, 2.75) is 83.8 Å². The molecule has 37 heavy (non-hydrogen) atoms. The summed E-state index contributed by atoms with van der Waals surface area (Å²) in [5, 5.41) is 0. The molecule has 1 saturated heterocycles. The van der Waals surface area contributed by atoms with Gasteiger partial charge in [-0.15, -0.1) is 0 Å². The van der Waals surface area contributed by atoms with Crippen LogP contribution >= 0.6 is 0 Å². The molecule has 0 bridgehead atoms. The molecule has 1 aliphatic heterocycles. The van der Waals surface area contributed by atoms with E-state index in [1.54, 1.807) is 0 Å². The smallest absolute Gasteiger partial charge is 0.307 e. The molecule has 4 rings (SSSR count). The fraction of sp³-hybridized carbons (Fsp3) is 0.424. The van der Waals surface area contributed by atoms with Crippen LogP contribution in [0.15, 0.2) is 91.0 Å². The molecule has 3 aromatic carbocycles. The van der Waals surface area contributed by atoms with Crippen molar-refractivity contribution in [1.29, 1.82) is 0 Å². The minimum absolute atomic E-state index is 0.0245. The number of rotatable bonds is 10. The molecule has 4 nitrogen and oxygen atoms in total. The van der Waals surface area contributed by atoms with Gasteiger partial charge >= 0.3 is 5.97 Å². The summed E-state index contributed by atoms with van der Waals surface area (Å²) in [6.07, 6.45) is 2.59. The summed E-state index contributed by atoms with van der Waals surface area (Å²) >= 11 is 0. The van der Waals surface area contributed by atoms with Gasteiger partial charge in [-0.1, -0.05) is 91.0 Å². The van der Waals surface area contributed by atoms with Crippen molar-refractivity contribution in [1.82, 2.24) is 9.80 Å². The molecule has 4 heteroatoms. The Balaban J connectivity index is 1.70. The van der Waals surface area contributed by atoms with Gasteiger partial charge in [0.2, 0.25) is 0 Å². The van der Waals surface area contributed by atoms with Crippen LogP contribution in [0.25, 0.3) is 0 Å². The quantitative estimate of drug-likeness (QED) is 0.281. The number of ether oxygens (including phenoxy) is 1. The third-order valence-corrected chi connectivity index (χ3v) is 7.30.